The third-order valence-corrected chi connectivity index (χ3v) is 1.72. The van der Waals surface area contributed by atoms with Gasteiger partial charge in [0.2, 0.25) is 0 Å². The molecule has 0 aromatic rings. The van der Waals surface area contributed by atoms with E-state index in [1.165, 1.54) is 0 Å². The van der Waals surface area contributed by atoms with Crippen LogP contribution in [0.5, 0.6) is 0 Å². The number of rotatable bonds is 0. The zero-order chi connectivity index (χ0) is 7.72. The molecule has 1 fully saturated rings. The van der Waals surface area contributed by atoms with Crippen molar-refractivity contribution in [2.24, 2.45) is 0 Å². The molecule has 1 aliphatic rings. The van der Waals surface area contributed by atoms with E-state index in [0.29, 0.717) is 0 Å². The van der Waals surface area contributed by atoms with Gasteiger partial charge in [-0.2, -0.15) is 0 Å². The molecular formula is C7H9F3. The number of allylic oxidation sites excluding steroid dienone is 1. The lowest BCUT2D eigenvalue weighted by molar-refractivity contribution is 0.104. The quantitative estimate of drug-likeness (QED) is 0.465. The highest BCUT2D eigenvalue weighted by molar-refractivity contribution is 5.09. The van der Waals surface area contributed by atoms with Gasteiger partial charge < -0.3 is 0 Å². The minimum Gasteiger partial charge on any atom is -0.244 e. The zero-order valence-corrected chi connectivity index (χ0v) is 5.49. The van der Waals surface area contributed by atoms with Crippen LogP contribution in [0, 0.1) is 0 Å². The molecule has 1 rings (SSSR count). The highest BCUT2D eigenvalue weighted by Crippen LogP contribution is 2.29. The van der Waals surface area contributed by atoms with E-state index in [1.54, 1.807) is 0 Å². The topological polar surface area (TPSA) is 0 Å². The van der Waals surface area contributed by atoms with Crippen molar-refractivity contribution in [3.8, 4) is 0 Å². The van der Waals surface area contributed by atoms with Crippen LogP contribution in [-0.2, 0) is 0 Å². The van der Waals surface area contributed by atoms with E-state index < -0.39 is 18.5 Å². The monoisotopic (exact) mass is 150 g/mol. The Bertz CT molecular complexity index is 144. The van der Waals surface area contributed by atoms with Crippen molar-refractivity contribution in [1.82, 2.24) is 0 Å². The molecule has 0 aromatic heterocycles. The molecule has 0 aromatic carbocycles. The van der Waals surface area contributed by atoms with Gasteiger partial charge in [0.15, 0.2) is 0 Å². The average Bonchev–Trinajstić information content (AvgIpc) is 1.84. The van der Waals surface area contributed by atoms with Gasteiger partial charge in [0, 0.05) is 12.8 Å². The fourth-order valence-corrected chi connectivity index (χ4v) is 1.02. The highest BCUT2D eigenvalue weighted by Gasteiger charge is 2.32. The Hall–Kier alpha value is -0.470. The van der Waals surface area contributed by atoms with Gasteiger partial charge in [-0.15, -0.1) is 0 Å². The van der Waals surface area contributed by atoms with Crippen molar-refractivity contribution >= 4 is 0 Å². The van der Waals surface area contributed by atoms with Gasteiger partial charge in [0.05, 0.1) is 0 Å². The first-order valence-electron chi connectivity index (χ1n) is 3.21. The van der Waals surface area contributed by atoms with E-state index in [-0.39, 0.29) is 18.4 Å². The molecule has 58 valence electrons. The molecule has 0 amide bonds. The molecule has 3 heteroatoms. The van der Waals surface area contributed by atoms with Gasteiger partial charge >= 0.3 is 0 Å². The van der Waals surface area contributed by atoms with Crippen LogP contribution in [0.1, 0.15) is 12.8 Å². The standard InChI is InChI=1S/C7H9F3/c1-4-2-6(9)7(10)3-5(4)8/h5-7H,1-3H2. The van der Waals surface area contributed by atoms with Crippen LogP contribution in [0.15, 0.2) is 12.2 Å². The predicted octanol–water partition coefficient (Wildman–Crippen LogP) is 2.35. The van der Waals surface area contributed by atoms with Crippen molar-refractivity contribution in [3.05, 3.63) is 12.2 Å². The maximum Gasteiger partial charge on any atom is 0.135 e. The lowest BCUT2D eigenvalue weighted by Gasteiger charge is -2.24. The molecule has 0 N–H and O–H groups in total. The third-order valence-electron chi connectivity index (χ3n) is 1.72. The summed E-state index contributed by atoms with van der Waals surface area (Å²) in [7, 11) is 0. The van der Waals surface area contributed by atoms with Crippen LogP contribution in [-0.4, -0.2) is 18.5 Å². The number of hydrogen-bond donors (Lipinski definition) is 0. The summed E-state index contributed by atoms with van der Waals surface area (Å²) in [4.78, 5) is 0. The van der Waals surface area contributed by atoms with Crippen molar-refractivity contribution in [1.29, 1.82) is 0 Å². The van der Waals surface area contributed by atoms with Crippen molar-refractivity contribution in [2.45, 2.75) is 31.4 Å². The normalized spacial score (nSPS) is 41.9. The Balaban J connectivity index is 2.54. The summed E-state index contributed by atoms with van der Waals surface area (Å²) in [6.45, 7) is 3.30. The van der Waals surface area contributed by atoms with Crippen LogP contribution in [0.3, 0.4) is 0 Å². The number of alkyl halides is 3. The van der Waals surface area contributed by atoms with Gasteiger partial charge in [-0.25, -0.2) is 13.2 Å². The third kappa shape index (κ3) is 1.33. The van der Waals surface area contributed by atoms with Crippen molar-refractivity contribution in [2.75, 3.05) is 0 Å². The van der Waals surface area contributed by atoms with Gasteiger partial charge in [0.25, 0.3) is 0 Å². The zero-order valence-electron chi connectivity index (χ0n) is 5.49. The summed E-state index contributed by atoms with van der Waals surface area (Å²) < 4.78 is 37.2. The lowest BCUT2D eigenvalue weighted by atomic mass is 9.91. The molecule has 3 unspecified atom stereocenters. The summed E-state index contributed by atoms with van der Waals surface area (Å²) in [5.41, 5.74) is 0.182. The Labute approximate surface area is 57.7 Å². The van der Waals surface area contributed by atoms with Gasteiger partial charge in [-0.3, -0.25) is 0 Å². The SMILES string of the molecule is C=C1CC(F)C(F)CC1F. The molecule has 0 spiro atoms. The van der Waals surface area contributed by atoms with E-state index >= 15 is 0 Å². The van der Waals surface area contributed by atoms with Crippen LogP contribution in [0.4, 0.5) is 13.2 Å². The Morgan fingerprint density at radius 3 is 2.30 bits per heavy atom. The molecule has 1 saturated carbocycles. The second-order valence-electron chi connectivity index (χ2n) is 2.60. The van der Waals surface area contributed by atoms with Gasteiger partial charge in [0.1, 0.15) is 18.5 Å². The van der Waals surface area contributed by atoms with E-state index in [4.69, 9.17) is 0 Å². The Kier molecular flexibility index (Phi) is 2.02. The van der Waals surface area contributed by atoms with E-state index in [0.717, 1.165) is 0 Å². The number of halogens is 3. The Morgan fingerprint density at radius 2 is 1.80 bits per heavy atom. The molecule has 1 aliphatic carbocycles. The van der Waals surface area contributed by atoms with Crippen molar-refractivity contribution < 1.29 is 13.2 Å². The molecule has 10 heavy (non-hydrogen) atoms. The molecular weight excluding hydrogens is 141 g/mol. The van der Waals surface area contributed by atoms with E-state index in [2.05, 4.69) is 6.58 Å². The maximum absolute atomic E-state index is 12.5. The number of hydrogen-bond acceptors (Lipinski definition) is 0. The molecule has 0 radical (unpaired) electrons. The van der Waals surface area contributed by atoms with Gasteiger partial charge in [-0.05, 0) is 5.57 Å². The first-order valence-corrected chi connectivity index (χ1v) is 3.21. The molecule has 3 atom stereocenters. The van der Waals surface area contributed by atoms with Crippen LogP contribution in [0.2, 0.25) is 0 Å². The van der Waals surface area contributed by atoms with Crippen molar-refractivity contribution in [3.63, 3.8) is 0 Å². The summed E-state index contributed by atoms with van der Waals surface area (Å²) >= 11 is 0. The highest BCUT2D eigenvalue weighted by atomic mass is 19.2. The summed E-state index contributed by atoms with van der Waals surface area (Å²) in [6, 6.07) is 0. The molecule has 0 bridgehead atoms. The Morgan fingerprint density at radius 1 is 1.20 bits per heavy atom. The molecule has 0 aliphatic heterocycles. The maximum atomic E-state index is 12.5. The second kappa shape index (κ2) is 2.64. The summed E-state index contributed by atoms with van der Waals surface area (Å²) in [6.07, 6.45) is -5.05. The fourth-order valence-electron chi connectivity index (χ4n) is 1.02. The van der Waals surface area contributed by atoms with Crippen LogP contribution >= 0.6 is 0 Å². The largest absolute Gasteiger partial charge is 0.244 e. The predicted molar refractivity (Wildman–Crippen MR) is 33.1 cm³/mol. The lowest BCUT2D eigenvalue weighted by Crippen LogP contribution is -2.29. The minimum absolute atomic E-state index is 0.164. The molecule has 0 saturated heterocycles. The van der Waals surface area contributed by atoms with Gasteiger partial charge in [-0.1, -0.05) is 6.58 Å². The van der Waals surface area contributed by atoms with E-state index in [1.807, 2.05) is 0 Å². The first kappa shape index (κ1) is 7.63. The van der Waals surface area contributed by atoms with Crippen LogP contribution < -0.4 is 0 Å². The molecule has 0 nitrogen and oxygen atoms in total. The van der Waals surface area contributed by atoms with Crippen LogP contribution in [0.25, 0.3) is 0 Å². The smallest absolute Gasteiger partial charge is 0.135 e. The summed E-state index contributed by atoms with van der Waals surface area (Å²) in [5.74, 6) is 0. The molecule has 0 heterocycles. The second-order valence-corrected chi connectivity index (χ2v) is 2.60. The van der Waals surface area contributed by atoms with E-state index in [9.17, 15) is 13.2 Å². The minimum atomic E-state index is -1.64. The summed E-state index contributed by atoms with van der Waals surface area (Å²) in [5, 5.41) is 0. The average molecular weight is 150 g/mol. The fraction of sp³-hybridized carbons (Fsp3) is 0.714. The first-order chi connectivity index (χ1) is 4.61.